The summed E-state index contributed by atoms with van der Waals surface area (Å²) in [6, 6.07) is 3.60. The molecule has 0 bridgehead atoms. The van der Waals surface area contributed by atoms with Gasteiger partial charge in [0.25, 0.3) is 0 Å². The molecule has 0 unspecified atom stereocenters. The predicted molar refractivity (Wildman–Crippen MR) is 62.8 cm³/mol. The first-order valence-electron chi connectivity index (χ1n) is 5.98. The van der Waals surface area contributed by atoms with Crippen LogP contribution in [0.4, 0.5) is 0 Å². The third-order valence-corrected chi connectivity index (χ3v) is 2.94. The lowest BCUT2D eigenvalue weighted by atomic mass is 10.0. The van der Waals surface area contributed by atoms with Crippen LogP contribution < -0.4 is 10.1 Å². The van der Waals surface area contributed by atoms with E-state index < -0.39 is 5.41 Å². The van der Waals surface area contributed by atoms with Crippen molar-refractivity contribution in [2.75, 3.05) is 13.2 Å². The summed E-state index contributed by atoms with van der Waals surface area (Å²) in [5.41, 5.74) is 0.306. The van der Waals surface area contributed by atoms with Crippen LogP contribution in [0.15, 0.2) is 12.1 Å². The summed E-state index contributed by atoms with van der Waals surface area (Å²) in [6.07, 6.45) is 1.70. The van der Waals surface area contributed by atoms with Crippen molar-refractivity contribution in [3.8, 4) is 5.88 Å². The van der Waals surface area contributed by atoms with Crippen LogP contribution >= 0.6 is 0 Å². The Labute approximate surface area is 101 Å². The van der Waals surface area contributed by atoms with Crippen LogP contribution in [0, 0.1) is 0 Å². The zero-order chi connectivity index (χ0) is 12.3. The molecule has 1 aromatic rings. The Bertz CT molecular complexity index is 399. The first-order valence-corrected chi connectivity index (χ1v) is 5.98. The molecule has 1 fully saturated rings. The number of nitrogens with zero attached hydrogens (tertiary/aromatic N) is 2. The van der Waals surface area contributed by atoms with Gasteiger partial charge in [-0.3, -0.25) is 4.79 Å². The summed E-state index contributed by atoms with van der Waals surface area (Å²) in [4.78, 5) is 11.9. The number of aromatic nitrogens is 2. The average Bonchev–Trinajstić information content (AvgIpc) is 3.12. The zero-order valence-corrected chi connectivity index (χ0v) is 10.2. The maximum absolute atomic E-state index is 11.9. The van der Waals surface area contributed by atoms with Gasteiger partial charge in [-0.05, 0) is 32.8 Å². The first kappa shape index (κ1) is 11.8. The highest BCUT2D eigenvalue weighted by molar-refractivity contribution is 5.90. The maximum Gasteiger partial charge on any atom is 0.233 e. The molecule has 0 saturated heterocycles. The van der Waals surface area contributed by atoms with Gasteiger partial charge in [-0.15, -0.1) is 5.10 Å². The Hall–Kier alpha value is -1.65. The molecule has 1 heterocycles. The van der Waals surface area contributed by atoms with Gasteiger partial charge in [0.15, 0.2) is 0 Å². The number of rotatable bonds is 5. The number of hydrogen-bond acceptors (Lipinski definition) is 4. The van der Waals surface area contributed by atoms with Crippen molar-refractivity contribution in [1.82, 2.24) is 15.5 Å². The minimum Gasteiger partial charge on any atom is -0.477 e. The van der Waals surface area contributed by atoms with Gasteiger partial charge in [-0.2, -0.15) is 5.10 Å². The second-order valence-electron chi connectivity index (χ2n) is 4.13. The van der Waals surface area contributed by atoms with Gasteiger partial charge in [0, 0.05) is 12.6 Å². The van der Waals surface area contributed by atoms with Crippen molar-refractivity contribution in [3.63, 3.8) is 0 Å². The summed E-state index contributed by atoms with van der Waals surface area (Å²) >= 11 is 0. The van der Waals surface area contributed by atoms with E-state index >= 15 is 0 Å². The molecular weight excluding hydrogens is 218 g/mol. The second-order valence-corrected chi connectivity index (χ2v) is 4.13. The summed E-state index contributed by atoms with van der Waals surface area (Å²) < 4.78 is 5.23. The summed E-state index contributed by atoms with van der Waals surface area (Å²) in [5.74, 6) is 0.557. The average molecular weight is 235 g/mol. The fourth-order valence-electron chi connectivity index (χ4n) is 1.85. The largest absolute Gasteiger partial charge is 0.477 e. The van der Waals surface area contributed by atoms with Crippen LogP contribution in [0.3, 0.4) is 0 Å². The first-order chi connectivity index (χ1) is 8.23. The number of nitrogens with one attached hydrogen (secondary N) is 1. The number of hydrogen-bond donors (Lipinski definition) is 1. The molecule has 1 aromatic heterocycles. The Morgan fingerprint density at radius 2 is 2.18 bits per heavy atom. The molecule has 17 heavy (non-hydrogen) atoms. The molecule has 1 aliphatic rings. The van der Waals surface area contributed by atoms with E-state index in [0.29, 0.717) is 19.0 Å². The van der Waals surface area contributed by atoms with E-state index in [9.17, 15) is 4.79 Å². The molecule has 92 valence electrons. The van der Waals surface area contributed by atoms with Crippen LogP contribution in [0.1, 0.15) is 32.4 Å². The normalized spacial score (nSPS) is 16.4. The third kappa shape index (κ3) is 2.23. The smallest absolute Gasteiger partial charge is 0.233 e. The molecule has 0 atom stereocenters. The number of likely N-dealkylation sites (N-methyl/N-ethyl adjacent to an activating group) is 1. The van der Waals surface area contributed by atoms with E-state index in [-0.39, 0.29) is 5.91 Å². The van der Waals surface area contributed by atoms with Crippen molar-refractivity contribution in [2.45, 2.75) is 32.1 Å². The van der Waals surface area contributed by atoms with Gasteiger partial charge >= 0.3 is 0 Å². The number of carbonyl (C=O) groups is 1. The molecule has 1 aliphatic carbocycles. The summed E-state index contributed by atoms with van der Waals surface area (Å²) in [5, 5.41) is 10.9. The van der Waals surface area contributed by atoms with E-state index in [1.165, 1.54) is 0 Å². The van der Waals surface area contributed by atoms with Crippen molar-refractivity contribution in [3.05, 3.63) is 17.8 Å². The van der Waals surface area contributed by atoms with Gasteiger partial charge in [-0.1, -0.05) is 0 Å². The lowest BCUT2D eigenvalue weighted by Crippen LogP contribution is -2.35. The molecule has 1 N–H and O–H groups in total. The van der Waals surface area contributed by atoms with Crippen molar-refractivity contribution >= 4 is 5.91 Å². The van der Waals surface area contributed by atoms with E-state index in [0.717, 1.165) is 18.5 Å². The van der Waals surface area contributed by atoms with E-state index in [1.54, 1.807) is 6.07 Å². The Morgan fingerprint density at radius 3 is 2.65 bits per heavy atom. The molecule has 1 amide bonds. The molecule has 5 heteroatoms. The molecule has 0 radical (unpaired) electrons. The molecule has 0 aliphatic heterocycles. The van der Waals surface area contributed by atoms with Gasteiger partial charge < -0.3 is 10.1 Å². The topological polar surface area (TPSA) is 64.1 Å². The highest BCUT2D eigenvalue weighted by Gasteiger charge is 2.52. The summed E-state index contributed by atoms with van der Waals surface area (Å²) in [7, 11) is 0. The molecule has 5 nitrogen and oxygen atoms in total. The predicted octanol–water partition coefficient (Wildman–Crippen LogP) is 1.04. The standard InChI is InChI=1S/C12H17N3O2/c1-3-13-11(16)12(7-8-12)9-5-6-10(15-14-9)17-4-2/h5-6H,3-4,7-8H2,1-2H3,(H,13,16). The summed E-state index contributed by atoms with van der Waals surface area (Å²) in [6.45, 7) is 5.02. The molecular formula is C12H17N3O2. The van der Waals surface area contributed by atoms with Crippen LogP contribution in [-0.4, -0.2) is 29.3 Å². The minimum absolute atomic E-state index is 0.0541. The monoisotopic (exact) mass is 235 g/mol. The minimum atomic E-state index is -0.437. The van der Waals surface area contributed by atoms with Crippen molar-refractivity contribution in [2.24, 2.45) is 0 Å². The number of carbonyl (C=O) groups excluding carboxylic acids is 1. The zero-order valence-electron chi connectivity index (χ0n) is 10.2. The highest BCUT2D eigenvalue weighted by Crippen LogP contribution is 2.47. The third-order valence-electron chi connectivity index (χ3n) is 2.94. The van der Waals surface area contributed by atoms with Crippen LogP contribution in [0.5, 0.6) is 5.88 Å². The van der Waals surface area contributed by atoms with Crippen molar-refractivity contribution in [1.29, 1.82) is 0 Å². The van der Waals surface area contributed by atoms with E-state index in [4.69, 9.17) is 4.74 Å². The van der Waals surface area contributed by atoms with Gasteiger partial charge in [0.05, 0.1) is 17.7 Å². The number of amides is 1. The fourth-order valence-corrected chi connectivity index (χ4v) is 1.85. The SMILES string of the molecule is CCNC(=O)C1(c2ccc(OCC)nn2)CC1. The molecule has 1 saturated carbocycles. The fraction of sp³-hybridized carbons (Fsp3) is 0.583. The quantitative estimate of drug-likeness (QED) is 0.828. The lowest BCUT2D eigenvalue weighted by molar-refractivity contribution is -0.123. The van der Waals surface area contributed by atoms with Gasteiger partial charge in [0.1, 0.15) is 0 Å². The van der Waals surface area contributed by atoms with Crippen molar-refractivity contribution < 1.29 is 9.53 Å². The molecule has 0 aromatic carbocycles. The van der Waals surface area contributed by atoms with Crippen LogP contribution in [0.2, 0.25) is 0 Å². The maximum atomic E-state index is 11.9. The van der Waals surface area contributed by atoms with E-state index in [2.05, 4.69) is 15.5 Å². The Kier molecular flexibility index (Phi) is 3.26. The van der Waals surface area contributed by atoms with Crippen LogP contribution in [0.25, 0.3) is 0 Å². The lowest BCUT2D eigenvalue weighted by Gasteiger charge is -2.13. The molecule has 0 spiro atoms. The van der Waals surface area contributed by atoms with Gasteiger partial charge in [0.2, 0.25) is 11.8 Å². The Balaban J connectivity index is 2.14. The highest BCUT2D eigenvalue weighted by atomic mass is 16.5. The molecule has 2 rings (SSSR count). The number of ether oxygens (including phenoxy) is 1. The van der Waals surface area contributed by atoms with Gasteiger partial charge in [-0.25, -0.2) is 0 Å². The Morgan fingerprint density at radius 1 is 1.41 bits per heavy atom. The second kappa shape index (κ2) is 4.69. The van der Waals surface area contributed by atoms with E-state index in [1.807, 2.05) is 19.9 Å². The van der Waals surface area contributed by atoms with Crippen LogP contribution in [-0.2, 0) is 10.2 Å².